The van der Waals surface area contributed by atoms with Crippen molar-refractivity contribution in [1.29, 1.82) is 0 Å². The summed E-state index contributed by atoms with van der Waals surface area (Å²) in [6, 6.07) is 0. The van der Waals surface area contributed by atoms with E-state index in [0.717, 1.165) is 7.05 Å². The molecule has 0 fully saturated rings. The van der Waals surface area contributed by atoms with Crippen LogP contribution in [0.3, 0.4) is 0 Å². The van der Waals surface area contributed by atoms with Gasteiger partial charge in [-0.2, -0.15) is 21.6 Å². The molecule has 0 aromatic rings. The second kappa shape index (κ2) is 5.67. The van der Waals surface area contributed by atoms with E-state index in [4.69, 9.17) is 4.55 Å². The summed E-state index contributed by atoms with van der Waals surface area (Å²) in [6.45, 7) is 0. The first-order valence-electron chi connectivity index (χ1n) is 2.41. The molecule has 7 nitrogen and oxygen atoms in total. The van der Waals surface area contributed by atoms with E-state index < -0.39 is 19.5 Å². The highest BCUT2D eigenvalue weighted by atomic mass is 35.7. The third-order valence-electron chi connectivity index (χ3n) is 0.502. The third-order valence-corrected chi connectivity index (χ3v) is 1.97. The van der Waals surface area contributed by atoms with E-state index >= 15 is 0 Å². The van der Waals surface area contributed by atoms with Crippen LogP contribution in [-0.2, 0) is 19.5 Å². The van der Waals surface area contributed by atoms with Gasteiger partial charge in [0.2, 0.25) is 0 Å². The molecule has 10 heteroatoms. The first-order valence-corrected chi connectivity index (χ1v) is 6.16. The van der Waals surface area contributed by atoms with Gasteiger partial charge in [-0.3, -0.25) is 4.55 Å². The molecule has 0 atom stereocenters. The lowest BCUT2D eigenvalue weighted by Gasteiger charge is -1.83. The van der Waals surface area contributed by atoms with E-state index in [1.807, 2.05) is 4.72 Å². The quantitative estimate of drug-likeness (QED) is 0.410. The lowest BCUT2D eigenvalue weighted by atomic mass is 11.6. The molecule has 0 aromatic heterocycles. The van der Waals surface area contributed by atoms with Crippen molar-refractivity contribution >= 4 is 30.2 Å². The molecular formula is C2H9ClN2O5S2. The molecule has 0 bridgehead atoms. The van der Waals surface area contributed by atoms with E-state index in [-0.39, 0.29) is 0 Å². The van der Waals surface area contributed by atoms with Crippen LogP contribution in [-0.4, -0.2) is 35.5 Å². The second-order valence-electron chi connectivity index (χ2n) is 1.32. The summed E-state index contributed by atoms with van der Waals surface area (Å²) in [4.78, 5) is 0. The van der Waals surface area contributed by atoms with Gasteiger partial charge >= 0.3 is 10.3 Å². The first-order chi connectivity index (χ1) is 5.12. The summed E-state index contributed by atoms with van der Waals surface area (Å²) in [5, 5.41) is 0. The van der Waals surface area contributed by atoms with Crippen LogP contribution < -0.4 is 9.44 Å². The van der Waals surface area contributed by atoms with E-state index in [0.29, 0.717) is 0 Å². The topological polar surface area (TPSA) is 113 Å². The molecule has 0 spiro atoms. The third kappa shape index (κ3) is 22.5. The summed E-state index contributed by atoms with van der Waals surface area (Å²) in [6.07, 6.45) is 0. The van der Waals surface area contributed by atoms with Crippen molar-refractivity contribution in [2.24, 2.45) is 0 Å². The number of hydrogen-bond acceptors (Lipinski definition) is 4. The standard InChI is InChI=1S/CH4ClNO2S.CH5NO3S/c1-3-6(2,4)5;1-2-6(3,4)5/h3H,1H3;2H,1H3,(H,3,4,5). The number of nitrogens with one attached hydrogen (secondary N) is 2. The van der Waals surface area contributed by atoms with Crippen molar-refractivity contribution in [3.05, 3.63) is 0 Å². The summed E-state index contributed by atoms with van der Waals surface area (Å²) in [7, 11) is -0.414. The normalized spacial score (nSPS) is 11.7. The SMILES string of the molecule is CNS(=O)(=O)Cl.CNS(=O)(=O)O. The highest BCUT2D eigenvalue weighted by Crippen LogP contribution is 1.83. The Morgan fingerprint density at radius 1 is 1.08 bits per heavy atom. The van der Waals surface area contributed by atoms with Gasteiger partial charge < -0.3 is 0 Å². The highest BCUT2D eigenvalue weighted by molar-refractivity contribution is 8.12. The maximum absolute atomic E-state index is 9.65. The van der Waals surface area contributed by atoms with Crippen molar-refractivity contribution in [3.8, 4) is 0 Å². The summed E-state index contributed by atoms with van der Waals surface area (Å²) in [5.41, 5.74) is 0. The van der Waals surface area contributed by atoms with Crippen molar-refractivity contribution in [3.63, 3.8) is 0 Å². The van der Waals surface area contributed by atoms with Crippen molar-refractivity contribution < 1.29 is 21.4 Å². The predicted molar refractivity (Wildman–Crippen MR) is 44.4 cm³/mol. The van der Waals surface area contributed by atoms with Crippen LogP contribution in [0.2, 0.25) is 0 Å². The van der Waals surface area contributed by atoms with Crippen molar-refractivity contribution in [2.45, 2.75) is 0 Å². The van der Waals surface area contributed by atoms with Gasteiger partial charge in [0, 0.05) is 24.8 Å². The minimum absolute atomic E-state index is 1.12. The van der Waals surface area contributed by atoms with E-state index in [1.165, 1.54) is 7.05 Å². The second-order valence-corrected chi connectivity index (χ2v) is 5.18. The fourth-order valence-corrected chi connectivity index (χ4v) is 0. The number of rotatable bonds is 2. The Balaban J connectivity index is 0. The van der Waals surface area contributed by atoms with Crippen LogP contribution in [0.5, 0.6) is 0 Å². The summed E-state index contributed by atoms with van der Waals surface area (Å²) in [5.74, 6) is 0. The molecule has 0 radical (unpaired) electrons. The van der Waals surface area contributed by atoms with Crippen LogP contribution in [0.25, 0.3) is 0 Å². The van der Waals surface area contributed by atoms with Crippen LogP contribution in [0.4, 0.5) is 0 Å². The minimum Gasteiger partial charge on any atom is -0.273 e. The smallest absolute Gasteiger partial charge is 0.273 e. The summed E-state index contributed by atoms with van der Waals surface area (Å²) < 4.78 is 49.4. The van der Waals surface area contributed by atoms with Gasteiger partial charge in [-0.05, 0) is 0 Å². The molecule has 0 saturated carbocycles. The molecule has 0 amide bonds. The van der Waals surface area contributed by atoms with E-state index in [1.54, 1.807) is 4.72 Å². The number of halogens is 1. The van der Waals surface area contributed by atoms with Gasteiger partial charge in [-0.1, -0.05) is 0 Å². The maximum Gasteiger partial charge on any atom is 0.333 e. The van der Waals surface area contributed by atoms with Crippen LogP contribution >= 0.6 is 10.7 Å². The highest BCUT2D eigenvalue weighted by Gasteiger charge is 1.93. The van der Waals surface area contributed by atoms with Crippen LogP contribution in [0.15, 0.2) is 0 Å². The largest absolute Gasteiger partial charge is 0.333 e. The molecule has 0 heterocycles. The molecule has 0 saturated heterocycles. The van der Waals surface area contributed by atoms with E-state index in [2.05, 4.69) is 10.7 Å². The van der Waals surface area contributed by atoms with Gasteiger partial charge in [0.15, 0.2) is 0 Å². The lowest BCUT2D eigenvalue weighted by molar-refractivity contribution is 0.473. The predicted octanol–water partition coefficient (Wildman–Crippen LogP) is -1.30. The van der Waals surface area contributed by atoms with Gasteiger partial charge in [0.05, 0.1) is 0 Å². The van der Waals surface area contributed by atoms with Gasteiger partial charge in [0.25, 0.3) is 9.24 Å². The Labute approximate surface area is 75.5 Å². The lowest BCUT2D eigenvalue weighted by Crippen LogP contribution is -2.16. The Bertz CT molecular complexity index is 261. The fourth-order valence-electron chi connectivity index (χ4n) is 0. The van der Waals surface area contributed by atoms with Crippen molar-refractivity contribution in [1.82, 2.24) is 9.44 Å². The molecule has 0 aliphatic rings. The molecule has 0 rings (SSSR count). The molecule has 0 unspecified atom stereocenters. The average Bonchev–Trinajstić information content (AvgIpc) is 1.86. The Kier molecular flexibility index (Phi) is 6.89. The Morgan fingerprint density at radius 2 is 1.25 bits per heavy atom. The molecule has 12 heavy (non-hydrogen) atoms. The number of hydrogen-bond donors (Lipinski definition) is 3. The van der Waals surface area contributed by atoms with Crippen LogP contribution in [0, 0.1) is 0 Å². The van der Waals surface area contributed by atoms with Crippen LogP contribution in [0.1, 0.15) is 0 Å². The summed E-state index contributed by atoms with van der Waals surface area (Å²) >= 11 is 0. The van der Waals surface area contributed by atoms with E-state index in [9.17, 15) is 16.8 Å². The maximum atomic E-state index is 9.65. The molecule has 0 aliphatic heterocycles. The Morgan fingerprint density at radius 3 is 1.25 bits per heavy atom. The molecule has 0 aliphatic carbocycles. The molecule has 76 valence electrons. The molecule has 0 aromatic carbocycles. The Hall–Kier alpha value is 0.0700. The minimum atomic E-state index is -3.91. The van der Waals surface area contributed by atoms with Gasteiger partial charge in [0.1, 0.15) is 0 Å². The zero-order valence-corrected chi connectivity index (χ0v) is 8.66. The van der Waals surface area contributed by atoms with Gasteiger partial charge in [-0.15, -0.1) is 0 Å². The molecule has 3 N–H and O–H groups in total. The first kappa shape index (κ1) is 14.6. The monoisotopic (exact) mass is 240 g/mol. The van der Waals surface area contributed by atoms with Gasteiger partial charge in [-0.25, -0.2) is 4.72 Å². The van der Waals surface area contributed by atoms with Crippen molar-refractivity contribution in [2.75, 3.05) is 14.1 Å². The fraction of sp³-hybridized carbons (Fsp3) is 1.00. The molecular weight excluding hydrogens is 232 g/mol. The average molecular weight is 241 g/mol. The zero-order chi connectivity index (χ0) is 10.4. The zero-order valence-electron chi connectivity index (χ0n) is 6.27.